The minimum Gasteiger partial charge on any atom is -0.512 e. The van der Waals surface area contributed by atoms with E-state index in [1.807, 2.05) is 36.4 Å². The lowest BCUT2D eigenvalue weighted by Gasteiger charge is -2.16. The number of esters is 1. The second-order valence-corrected chi connectivity index (χ2v) is 3.58. The van der Waals surface area contributed by atoms with Crippen LogP contribution in [0.3, 0.4) is 0 Å². The molecule has 0 aromatic heterocycles. The Labute approximate surface area is 93.7 Å². The maximum absolute atomic E-state index is 11.0. The number of hydrogen-bond acceptors (Lipinski definition) is 3. The third kappa shape index (κ3) is 2.73. The molecular weight excluding hydrogens is 204 g/mol. The van der Waals surface area contributed by atoms with Gasteiger partial charge in [0.15, 0.2) is 0 Å². The Morgan fingerprint density at radius 1 is 1.31 bits per heavy atom. The van der Waals surface area contributed by atoms with Gasteiger partial charge in [-0.2, -0.15) is 0 Å². The van der Waals surface area contributed by atoms with Gasteiger partial charge in [-0.05, 0) is 11.6 Å². The van der Waals surface area contributed by atoms with Crippen molar-refractivity contribution >= 4 is 12.0 Å². The molecule has 2 rings (SSSR count). The summed E-state index contributed by atoms with van der Waals surface area (Å²) in [5.41, 5.74) is 1.03. The van der Waals surface area contributed by atoms with Crippen LogP contribution in [0.2, 0.25) is 0 Å². The number of hydrogen-bond donors (Lipinski definition) is 1. The Bertz CT molecular complexity index is 432. The molecule has 0 radical (unpaired) electrons. The fourth-order valence-electron chi connectivity index (χ4n) is 1.52. The first-order valence-corrected chi connectivity index (χ1v) is 5.07. The van der Waals surface area contributed by atoms with Gasteiger partial charge in [-0.1, -0.05) is 36.4 Å². The van der Waals surface area contributed by atoms with Crippen LogP contribution >= 0.6 is 0 Å². The van der Waals surface area contributed by atoms with Gasteiger partial charge < -0.3 is 9.84 Å². The molecule has 0 aliphatic carbocycles. The molecule has 1 heterocycles. The number of rotatable bonds is 2. The fourth-order valence-corrected chi connectivity index (χ4v) is 1.52. The van der Waals surface area contributed by atoms with E-state index in [0.717, 1.165) is 11.6 Å². The number of ether oxygens (including phenoxy) is 1. The Morgan fingerprint density at radius 2 is 2.06 bits per heavy atom. The second kappa shape index (κ2) is 4.66. The van der Waals surface area contributed by atoms with Crippen LogP contribution < -0.4 is 0 Å². The molecule has 0 bridgehead atoms. The first-order chi connectivity index (χ1) is 7.74. The monoisotopic (exact) mass is 216 g/mol. The lowest BCUT2D eigenvalue weighted by atomic mass is 10.1. The average molecular weight is 216 g/mol. The van der Waals surface area contributed by atoms with Gasteiger partial charge in [0, 0.05) is 6.42 Å². The molecule has 1 atom stereocenters. The van der Waals surface area contributed by atoms with Crippen molar-refractivity contribution in [3.8, 4) is 0 Å². The molecule has 1 N–H and O–H groups in total. The number of benzene rings is 1. The quantitative estimate of drug-likeness (QED) is 0.772. The summed E-state index contributed by atoms with van der Waals surface area (Å²) in [6.45, 7) is 0. The summed E-state index contributed by atoms with van der Waals surface area (Å²) in [6.07, 6.45) is 4.72. The number of aliphatic hydroxyl groups excluding tert-OH is 1. The molecule has 0 saturated heterocycles. The molecule has 3 heteroatoms. The standard InChI is InChI=1S/C13H12O3/c14-11-8-12(16-13(15)9-11)7-6-10-4-2-1-3-5-10/h1-7,9,12,14H,8H2/b7-6+/t12-/m0/s1. The third-order valence-corrected chi connectivity index (χ3v) is 2.27. The number of aliphatic hydroxyl groups is 1. The number of cyclic esters (lactones) is 1. The lowest BCUT2D eigenvalue weighted by Crippen LogP contribution is -2.20. The summed E-state index contributed by atoms with van der Waals surface area (Å²) in [5.74, 6) is -0.426. The van der Waals surface area contributed by atoms with Crippen LogP contribution in [0.15, 0.2) is 48.2 Å². The predicted molar refractivity (Wildman–Crippen MR) is 60.7 cm³/mol. The van der Waals surface area contributed by atoms with Crippen molar-refractivity contribution in [2.75, 3.05) is 0 Å². The lowest BCUT2D eigenvalue weighted by molar-refractivity contribution is -0.142. The highest BCUT2D eigenvalue weighted by Crippen LogP contribution is 2.15. The van der Waals surface area contributed by atoms with E-state index in [4.69, 9.17) is 4.74 Å². The highest BCUT2D eigenvalue weighted by molar-refractivity contribution is 5.83. The smallest absolute Gasteiger partial charge is 0.334 e. The maximum atomic E-state index is 11.0. The van der Waals surface area contributed by atoms with Crippen LogP contribution in [0.5, 0.6) is 0 Å². The van der Waals surface area contributed by atoms with Gasteiger partial charge in [0.1, 0.15) is 11.9 Å². The normalized spacial score (nSPS) is 20.6. The van der Waals surface area contributed by atoms with Crippen molar-refractivity contribution < 1.29 is 14.6 Å². The van der Waals surface area contributed by atoms with Crippen LogP contribution in [0.4, 0.5) is 0 Å². The van der Waals surface area contributed by atoms with Crippen LogP contribution in [0, 0.1) is 0 Å². The summed E-state index contributed by atoms with van der Waals surface area (Å²) in [4.78, 5) is 11.0. The summed E-state index contributed by atoms with van der Waals surface area (Å²) >= 11 is 0. The van der Waals surface area contributed by atoms with Crippen molar-refractivity contribution in [1.29, 1.82) is 0 Å². The summed E-state index contributed by atoms with van der Waals surface area (Å²) in [6, 6.07) is 9.72. The predicted octanol–water partition coefficient (Wildman–Crippen LogP) is 2.46. The van der Waals surface area contributed by atoms with Crippen molar-refractivity contribution in [3.05, 3.63) is 53.8 Å². The van der Waals surface area contributed by atoms with Crippen molar-refractivity contribution in [2.45, 2.75) is 12.5 Å². The van der Waals surface area contributed by atoms with Crippen LogP contribution in [0.1, 0.15) is 12.0 Å². The molecular formula is C13H12O3. The highest BCUT2D eigenvalue weighted by atomic mass is 16.5. The SMILES string of the molecule is O=C1C=C(O)C[C@H](/C=C/c2ccccc2)O1. The van der Waals surface area contributed by atoms with Crippen LogP contribution in [-0.4, -0.2) is 17.2 Å². The summed E-state index contributed by atoms with van der Waals surface area (Å²) in [5, 5.41) is 9.27. The molecule has 1 aromatic carbocycles. The van der Waals surface area contributed by atoms with Crippen molar-refractivity contribution in [1.82, 2.24) is 0 Å². The molecule has 3 nitrogen and oxygen atoms in total. The second-order valence-electron chi connectivity index (χ2n) is 3.58. The van der Waals surface area contributed by atoms with Crippen LogP contribution in [0.25, 0.3) is 6.08 Å². The Kier molecular flexibility index (Phi) is 3.05. The Morgan fingerprint density at radius 3 is 2.75 bits per heavy atom. The summed E-state index contributed by atoms with van der Waals surface area (Å²) in [7, 11) is 0. The third-order valence-electron chi connectivity index (χ3n) is 2.27. The van der Waals surface area contributed by atoms with Gasteiger partial charge in [0.05, 0.1) is 6.08 Å². The molecule has 0 unspecified atom stereocenters. The van der Waals surface area contributed by atoms with Crippen molar-refractivity contribution in [2.24, 2.45) is 0 Å². The van der Waals surface area contributed by atoms with E-state index in [1.54, 1.807) is 6.08 Å². The minimum atomic E-state index is -0.494. The minimum absolute atomic E-state index is 0.0685. The molecule has 16 heavy (non-hydrogen) atoms. The maximum Gasteiger partial charge on any atom is 0.334 e. The van der Waals surface area contributed by atoms with E-state index < -0.39 is 5.97 Å². The molecule has 1 aliphatic heterocycles. The van der Waals surface area contributed by atoms with Crippen LogP contribution in [-0.2, 0) is 9.53 Å². The zero-order chi connectivity index (χ0) is 11.4. The number of carbonyl (C=O) groups is 1. The van der Waals surface area contributed by atoms with E-state index in [-0.39, 0.29) is 11.9 Å². The highest BCUT2D eigenvalue weighted by Gasteiger charge is 2.18. The Hall–Kier alpha value is -2.03. The van der Waals surface area contributed by atoms with Gasteiger partial charge in [-0.3, -0.25) is 0 Å². The largest absolute Gasteiger partial charge is 0.512 e. The molecule has 1 aliphatic rings. The summed E-state index contributed by atoms with van der Waals surface area (Å²) < 4.78 is 5.02. The first-order valence-electron chi connectivity index (χ1n) is 5.07. The van der Waals surface area contributed by atoms with Gasteiger partial charge in [0.25, 0.3) is 0 Å². The van der Waals surface area contributed by atoms with Gasteiger partial charge >= 0.3 is 5.97 Å². The van der Waals surface area contributed by atoms with E-state index in [1.165, 1.54) is 0 Å². The number of carbonyl (C=O) groups excluding carboxylic acids is 1. The first kappa shape index (κ1) is 10.5. The van der Waals surface area contributed by atoms with E-state index in [0.29, 0.717) is 6.42 Å². The Balaban J connectivity index is 2.03. The van der Waals surface area contributed by atoms with Gasteiger partial charge in [-0.25, -0.2) is 4.79 Å². The van der Waals surface area contributed by atoms with Crippen molar-refractivity contribution in [3.63, 3.8) is 0 Å². The fraction of sp³-hybridized carbons (Fsp3) is 0.154. The van der Waals surface area contributed by atoms with E-state index in [9.17, 15) is 9.90 Å². The van der Waals surface area contributed by atoms with Gasteiger partial charge in [0.2, 0.25) is 0 Å². The van der Waals surface area contributed by atoms with Gasteiger partial charge in [-0.15, -0.1) is 0 Å². The molecule has 1 aromatic rings. The molecule has 0 spiro atoms. The average Bonchev–Trinajstić information content (AvgIpc) is 2.27. The molecule has 0 amide bonds. The topological polar surface area (TPSA) is 46.5 Å². The zero-order valence-electron chi connectivity index (χ0n) is 8.67. The van der Waals surface area contributed by atoms with E-state index >= 15 is 0 Å². The molecule has 0 fully saturated rings. The molecule has 0 saturated carbocycles. The molecule has 82 valence electrons. The van der Waals surface area contributed by atoms with E-state index in [2.05, 4.69) is 0 Å². The zero-order valence-corrected chi connectivity index (χ0v) is 8.67.